The van der Waals surface area contributed by atoms with E-state index in [0.717, 1.165) is 5.01 Å². The van der Waals surface area contributed by atoms with Crippen LogP contribution >= 0.6 is 11.3 Å². The fourth-order valence-corrected chi connectivity index (χ4v) is 3.79. The van der Waals surface area contributed by atoms with Gasteiger partial charge < -0.3 is 9.52 Å². The third kappa shape index (κ3) is 2.83. The minimum Gasteiger partial charge on any atom is -0.507 e. The Balaban J connectivity index is 1.91. The molecule has 2 aromatic heterocycles. The van der Waals surface area contributed by atoms with Gasteiger partial charge in [-0.05, 0) is 18.6 Å². The van der Waals surface area contributed by atoms with Crippen LogP contribution in [0, 0.1) is 0 Å². The van der Waals surface area contributed by atoms with Crippen LogP contribution in [0.5, 0.6) is 0 Å². The molecule has 7 nitrogen and oxygen atoms in total. The van der Waals surface area contributed by atoms with Gasteiger partial charge in [-0.15, -0.1) is 10.2 Å². The number of aromatic nitrogens is 2. The lowest BCUT2D eigenvalue weighted by molar-refractivity contribution is -0.132. The van der Waals surface area contributed by atoms with E-state index in [1.54, 1.807) is 42.5 Å². The predicted molar refractivity (Wildman–Crippen MR) is 99.2 cm³/mol. The number of hydrogen-bond donors (Lipinski definition) is 1. The first-order chi connectivity index (χ1) is 13.1. The standard InChI is InChI=1S/C19H15N3O4S/c1-2-13-20-21-19(27-13)22-15(12-9-6-10-26-12)14(17(24)18(22)25)16(23)11-7-4-3-5-8-11/h3-10,15,23H,2H2,1H3/b16-14+. The smallest absolute Gasteiger partial charge is 0.302 e. The van der Waals surface area contributed by atoms with Gasteiger partial charge in [0.15, 0.2) is 0 Å². The maximum atomic E-state index is 12.8. The maximum Gasteiger partial charge on any atom is 0.302 e. The van der Waals surface area contributed by atoms with Crippen LogP contribution in [0.4, 0.5) is 5.13 Å². The molecule has 0 saturated carbocycles. The van der Waals surface area contributed by atoms with Crippen molar-refractivity contribution in [3.8, 4) is 0 Å². The maximum absolute atomic E-state index is 12.8. The summed E-state index contributed by atoms with van der Waals surface area (Å²) in [6, 6.07) is 11.0. The number of carbonyl (C=O) groups excluding carboxylic acids is 2. The minimum absolute atomic E-state index is 0.0330. The lowest BCUT2D eigenvalue weighted by Crippen LogP contribution is -2.29. The number of aryl methyl sites for hydroxylation is 1. The molecule has 1 aliphatic rings. The summed E-state index contributed by atoms with van der Waals surface area (Å²) in [5.41, 5.74) is 0.410. The van der Waals surface area contributed by atoms with Gasteiger partial charge in [-0.25, -0.2) is 0 Å². The van der Waals surface area contributed by atoms with Gasteiger partial charge in [-0.3, -0.25) is 14.5 Å². The van der Waals surface area contributed by atoms with E-state index in [4.69, 9.17) is 4.42 Å². The quantitative estimate of drug-likeness (QED) is 0.423. The fraction of sp³-hybridized carbons (Fsp3) is 0.158. The number of aliphatic hydroxyl groups is 1. The van der Waals surface area contributed by atoms with Gasteiger partial charge in [-0.2, -0.15) is 0 Å². The number of hydrogen-bond acceptors (Lipinski definition) is 7. The first-order valence-electron chi connectivity index (χ1n) is 8.34. The Morgan fingerprint density at radius 2 is 1.96 bits per heavy atom. The number of aliphatic hydroxyl groups excluding tert-OH is 1. The summed E-state index contributed by atoms with van der Waals surface area (Å²) < 4.78 is 5.48. The predicted octanol–water partition coefficient (Wildman–Crippen LogP) is 3.32. The minimum atomic E-state index is -0.905. The van der Waals surface area contributed by atoms with E-state index in [9.17, 15) is 14.7 Å². The van der Waals surface area contributed by atoms with Crippen molar-refractivity contribution in [3.05, 3.63) is 70.6 Å². The van der Waals surface area contributed by atoms with Gasteiger partial charge in [0, 0.05) is 5.56 Å². The monoisotopic (exact) mass is 381 g/mol. The third-order valence-electron chi connectivity index (χ3n) is 4.27. The highest BCUT2D eigenvalue weighted by molar-refractivity contribution is 7.15. The number of furan rings is 1. The van der Waals surface area contributed by atoms with Crippen molar-refractivity contribution >= 4 is 33.9 Å². The van der Waals surface area contributed by atoms with Crippen LogP contribution in [0.2, 0.25) is 0 Å². The Hall–Kier alpha value is -3.26. The number of benzene rings is 1. The van der Waals surface area contributed by atoms with E-state index in [2.05, 4.69) is 10.2 Å². The summed E-state index contributed by atoms with van der Waals surface area (Å²) in [4.78, 5) is 26.8. The van der Waals surface area contributed by atoms with Gasteiger partial charge >= 0.3 is 5.91 Å². The van der Waals surface area contributed by atoms with Gasteiger partial charge in [0.05, 0.1) is 11.8 Å². The van der Waals surface area contributed by atoms with E-state index >= 15 is 0 Å². The summed E-state index contributed by atoms with van der Waals surface area (Å²) in [5, 5.41) is 19.9. The van der Waals surface area contributed by atoms with Crippen LogP contribution in [0.3, 0.4) is 0 Å². The second-order valence-electron chi connectivity index (χ2n) is 5.88. The number of rotatable bonds is 4. The normalized spacial score (nSPS) is 19.0. The number of Topliss-reactive ketones (excluding diaryl/α,β-unsaturated/α-hetero) is 1. The topological polar surface area (TPSA) is 96.5 Å². The van der Waals surface area contributed by atoms with Gasteiger partial charge in [0.1, 0.15) is 22.6 Å². The number of ketones is 1. The zero-order chi connectivity index (χ0) is 19.0. The van der Waals surface area contributed by atoms with Crippen LogP contribution in [0.1, 0.15) is 29.3 Å². The average molecular weight is 381 g/mol. The number of carbonyl (C=O) groups is 2. The molecule has 1 saturated heterocycles. The van der Waals surface area contributed by atoms with E-state index in [-0.39, 0.29) is 11.3 Å². The molecule has 1 atom stereocenters. The lowest BCUT2D eigenvalue weighted by atomic mass is 9.99. The summed E-state index contributed by atoms with van der Waals surface area (Å²) in [5.74, 6) is -1.45. The molecule has 1 N–H and O–H groups in total. The van der Waals surface area contributed by atoms with Crippen LogP contribution in [-0.4, -0.2) is 27.0 Å². The van der Waals surface area contributed by atoms with Crippen LogP contribution in [0.25, 0.3) is 5.76 Å². The average Bonchev–Trinajstić information content (AvgIpc) is 3.43. The van der Waals surface area contributed by atoms with E-state index < -0.39 is 17.7 Å². The zero-order valence-corrected chi connectivity index (χ0v) is 15.1. The molecule has 1 unspecified atom stereocenters. The molecular weight excluding hydrogens is 366 g/mol. The molecule has 4 rings (SSSR count). The van der Waals surface area contributed by atoms with E-state index in [1.807, 2.05) is 6.92 Å². The van der Waals surface area contributed by atoms with Crippen molar-refractivity contribution in [3.63, 3.8) is 0 Å². The Morgan fingerprint density at radius 3 is 2.59 bits per heavy atom. The second-order valence-corrected chi connectivity index (χ2v) is 6.92. The van der Waals surface area contributed by atoms with E-state index in [1.165, 1.54) is 22.5 Å². The number of anilines is 1. The SMILES string of the molecule is CCc1nnc(N2C(=O)C(=O)/C(=C(/O)c3ccccc3)C2c2ccco2)s1. The number of amides is 1. The van der Waals surface area contributed by atoms with Crippen molar-refractivity contribution < 1.29 is 19.1 Å². The highest BCUT2D eigenvalue weighted by Gasteiger charge is 2.49. The summed E-state index contributed by atoms with van der Waals surface area (Å²) in [6.07, 6.45) is 2.12. The van der Waals surface area contributed by atoms with Crippen molar-refractivity contribution in [2.45, 2.75) is 19.4 Å². The molecule has 0 bridgehead atoms. The summed E-state index contributed by atoms with van der Waals surface area (Å²) >= 11 is 1.23. The molecule has 1 aliphatic heterocycles. The van der Waals surface area contributed by atoms with E-state index in [0.29, 0.717) is 22.9 Å². The van der Waals surface area contributed by atoms with Gasteiger partial charge in [-0.1, -0.05) is 48.6 Å². The molecule has 27 heavy (non-hydrogen) atoms. The molecule has 3 aromatic rings. The van der Waals surface area contributed by atoms with Gasteiger partial charge in [0.2, 0.25) is 5.13 Å². The molecule has 136 valence electrons. The largest absolute Gasteiger partial charge is 0.507 e. The van der Waals surface area contributed by atoms with Gasteiger partial charge in [0.25, 0.3) is 5.78 Å². The molecule has 8 heteroatoms. The molecule has 0 aliphatic carbocycles. The van der Waals surface area contributed by atoms with Crippen molar-refractivity contribution in [1.29, 1.82) is 0 Å². The van der Waals surface area contributed by atoms with Crippen LogP contribution in [-0.2, 0) is 16.0 Å². The zero-order valence-electron chi connectivity index (χ0n) is 14.3. The number of nitrogens with zero attached hydrogens (tertiary/aromatic N) is 3. The molecule has 1 fully saturated rings. The molecular formula is C19H15N3O4S. The Kier molecular flexibility index (Phi) is 4.33. The molecule has 1 amide bonds. The summed E-state index contributed by atoms with van der Waals surface area (Å²) in [6.45, 7) is 1.93. The second kappa shape index (κ2) is 6.81. The highest BCUT2D eigenvalue weighted by atomic mass is 32.1. The Bertz CT molecular complexity index is 1020. The van der Waals surface area contributed by atoms with Crippen LogP contribution < -0.4 is 4.90 Å². The Labute approximate surface area is 158 Å². The van der Waals surface area contributed by atoms with Crippen LogP contribution in [0.15, 0.2) is 58.7 Å². The summed E-state index contributed by atoms with van der Waals surface area (Å²) in [7, 11) is 0. The molecule has 0 radical (unpaired) electrons. The molecule has 1 aromatic carbocycles. The highest BCUT2D eigenvalue weighted by Crippen LogP contribution is 2.42. The van der Waals surface area contributed by atoms with Crippen molar-refractivity contribution in [2.24, 2.45) is 0 Å². The third-order valence-corrected chi connectivity index (χ3v) is 5.34. The first-order valence-corrected chi connectivity index (χ1v) is 9.15. The first kappa shape index (κ1) is 17.2. The Morgan fingerprint density at radius 1 is 1.19 bits per heavy atom. The fourth-order valence-electron chi connectivity index (χ4n) is 2.98. The van der Waals surface area contributed by atoms with Crippen molar-refractivity contribution in [2.75, 3.05) is 4.90 Å². The lowest BCUT2D eigenvalue weighted by Gasteiger charge is -2.20. The molecule has 0 spiro atoms. The van der Waals surface area contributed by atoms with Crippen molar-refractivity contribution in [1.82, 2.24) is 10.2 Å². The molecule has 3 heterocycles.